The summed E-state index contributed by atoms with van der Waals surface area (Å²) in [5.74, 6) is 0.0678. The second kappa shape index (κ2) is 9.36. The quantitative estimate of drug-likeness (QED) is 0.776. The van der Waals surface area contributed by atoms with E-state index in [4.69, 9.17) is 0 Å². The van der Waals surface area contributed by atoms with Crippen molar-refractivity contribution in [3.63, 3.8) is 0 Å². The lowest BCUT2D eigenvalue weighted by Crippen LogP contribution is -2.41. The van der Waals surface area contributed by atoms with Crippen LogP contribution in [0.3, 0.4) is 0 Å². The van der Waals surface area contributed by atoms with Crippen molar-refractivity contribution in [1.82, 2.24) is 10.2 Å². The molecule has 2 aromatic rings. The third-order valence-electron chi connectivity index (χ3n) is 5.07. The average Bonchev–Trinajstić information content (AvgIpc) is 2.74. The Morgan fingerprint density at radius 1 is 0.929 bits per heavy atom. The van der Waals surface area contributed by atoms with E-state index < -0.39 is 0 Å². The molecule has 1 N–H and O–H groups in total. The Kier molecular flexibility index (Phi) is 6.64. The molecule has 4 heteroatoms. The van der Waals surface area contributed by atoms with Gasteiger partial charge in [0.1, 0.15) is 5.70 Å². The maximum atomic E-state index is 13.1. The van der Waals surface area contributed by atoms with Crippen LogP contribution in [-0.2, 0) is 4.79 Å². The first-order valence-electron chi connectivity index (χ1n) is 10.0. The molecule has 0 unspecified atom stereocenters. The molecule has 0 spiro atoms. The van der Waals surface area contributed by atoms with Gasteiger partial charge in [0.15, 0.2) is 0 Å². The Hall–Kier alpha value is -2.88. The standard InChI is InChI=1S/C24H28N2O2/c1-18(2)20-13-11-19(12-14-20)17-22(24(28)26-15-7-4-8-16-26)25-23(27)21-9-5-3-6-10-21/h3,5-6,9-14,17-18H,4,7-8,15-16H2,1-2H3,(H,25,27)/b22-17-. The molecule has 2 aromatic carbocycles. The van der Waals surface area contributed by atoms with E-state index in [1.807, 2.05) is 35.2 Å². The smallest absolute Gasteiger partial charge is 0.270 e. The van der Waals surface area contributed by atoms with Gasteiger partial charge < -0.3 is 10.2 Å². The molecule has 0 atom stereocenters. The van der Waals surface area contributed by atoms with Crippen LogP contribution in [-0.4, -0.2) is 29.8 Å². The van der Waals surface area contributed by atoms with Crippen molar-refractivity contribution in [3.8, 4) is 0 Å². The molecule has 0 aromatic heterocycles. The lowest BCUT2D eigenvalue weighted by molar-refractivity contribution is -0.128. The van der Waals surface area contributed by atoms with Crippen molar-refractivity contribution in [1.29, 1.82) is 0 Å². The number of amides is 2. The molecular formula is C24H28N2O2. The molecule has 2 amide bonds. The van der Waals surface area contributed by atoms with Crippen molar-refractivity contribution in [2.75, 3.05) is 13.1 Å². The number of piperidine rings is 1. The van der Waals surface area contributed by atoms with E-state index in [0.717, 1.165) is 37.9 Å². The van der Waals surface area contributed by atoms with Gasteiger partial charge in [-0.05, 0) is 54.5 Å². The van der Waals surface area contributed by atoms with Gasteiger partial charge in [-0.25, -0.2) is 0 Å². The number of likely N-dealkylation sites (tertiary alicyclic amines) is 1. The number of carbonyl (C=O) groups is 2. The van der Waals surface area contributed by atoms with Crippen LogP contribution in [0.5, 0.6) is 0 Å². The first-order valence-corrected chi connectivity index (χ1v) is 10.0. The number of benzene rings is 2. The van der Waals surface area contributed by atoms with Crippen molar-refractivity contribution in [2.45, 2.75) is 39.0 Å². The maximum absolute atomic E-state index is 13.1. The molecule has 1 aliphatic heterocycles. The molecule has 0 aliphatic carbocycles. The van der Waals surface area contributed by atoms with Gasteiger partial charge >= 0.3 is 0 Å². The van der Waals surface area contributed by atoms with E-state index in [1.165, 1.54) is 5.56 Å². The van der Waals surface area contributed by atoms with Crippen LogP contribution in [0.4, 0.5) is 0 Å². The summed E-state index contributed by atoms with van der Waals surface area (Å²) >= 11 is 0. The van der Waals surface area contributed by atoms with E-state index in [-0.39, 0.29) is 11.8 Å². The monoisotopic (exact) mass is 376 g/mol. The molecule has 1 fully saturated rings. The zero-order valence-electron chi connectivity index (χ0n) is 16.7. The van der Waals surface area contributed by atoms with Gasteiger partial charge in [0.05, 0.1) is 0 Å². The fraction of sp³-hybridized carbons (Fsp3) is 0.333. The van der Waals surface area contributed by atoms with Crippen LogP contribution < -0.4 is 5.32 Å². The average molecular weight is 377 g/mol. The lowest BCUT2D eigenvalue weighted by Gasteiger charge is -2.27. The Balaban J connectivity index is 1.86. The maximum Gasteiger partial charge on any atom is 0.270 e. The minimum absolute atomic E-state index is 0.114. The van der Waals surface area contributed by atoms with Crippen molar-refractivity contribution >= 4 is 17.9 Å². The summed E-state index contributed by atoms with van der Waals surface area (Å²) in [5, 5.41) is 2.85. The van der Waals surface area contributed by atoms with Gasteiger partial charge in [0.2, 0.25) is 0 Å². The highest BCUT2D eigenvalue weighted by atomic mass is 16.2. The van der Waals surface area contributed by atoms with E-state index >= 15 is 0 Å². The van der Waals surface area contributed by atoms with E-state index in [9.17, 15) is 9.59 Å². The van der Waals surface area contributed by atoms with Crippen molar-refractivity contribution < 1.29 is 9.59 Å². The number of nitrogens with one attached hydrogen (secondary N) is 1. The summed E-state index contributed by atoms with van der Waals surface area (Å²) in [6.45, 7) is 5.78. The molecule has 28 heavy (non-hydrogen) atoms. The van der Waals surface area contributed by atoms with Crippen LogP contribution >= 0.6 is 0 Å². The van der Waals surface area contributed by atoms with Crippen LogP contribution in [0.1, 0.15) is 60.5 Å². The summed E-state index contributed by atoms with van der Waals surface area (Å²) in [6.07, 6.45) is 4.95. The minimum atomic E-state index is -0.268. The summed E-state index contributed by atoms with van der Waals surface area (Å²) in [4.78, 5) is 27.6. The number of nitrogens with zero attached hydrogens (tertiary/aromatic N) is 1. The molecule has 0 radical (unpaired) electrons. The Labute approximate surface area is 167 Å². The van der Waals surface area contributed by atoms with E-state index in [2.05, 4.69) is 31.3 Å². The number of carbonyl (C=O) groups excluding carboxylic acids is 2. The minimum Gasteiger partial charge on any atom is -0.337 e. The van der Waals surface area contributed by atoms with Gasteiger partial charge in [0, 0.05) is 18.7 Å². The van der Waals surface area contributed by atoms with Crippen LogP contribution in [0, 0.1) is 0 Å². The zero-order valence-corrected chi connectivity index (χ0v) is 16.7. The highest BCUT2D eigenvalue weighted by Gasteiger charge is 2.22. The summed E-state index contributed by atoms with van der Waals surface area (Å²) in [6, 6.07) is 17.1. The molecule has 0 bridgehead atoms. The normalized spacial score (nSPS) is 14.8. The largest absolute Gasteiger partial charge is 0.337 e. The molecule has 1 aliphatic rings. The van der Waals surface area contributed by atoms with Gasteiger partial charge in [-0.15, -0.1) is 0 Å². The second-order valence-corrected chi connectivity index (χ2v) is 7.55. The summed E-state index contributed by atoms with van der Waals surface area (Å²) < 4.78 is 0. The predicted molar refractivity (Wildman–Crippen MR) is 113 cm³/mol. The molecule has 3 rings (SSSR count). The number of hydrogen-bond donors (Lipinski definition) is 1. The number of rotatable bonds is 5. The number of hydrogen-bond acceptors (Lipinski definition) is 2. The first-order chi connectivity index (χ1) is 13.5. The molecule has 1 heterocycles. The summed E-state index contributed by atoms with van der Waals surface area (Å²) in [5.41, 5.74) is 3.01. The predicted octanol–water partition coefficient (Wildman–Crippen LogP) is 4.59. The van der Waals surface area contributed by atoms with E-state index in [1.54, 1.807) is 18.2 Å². The molecule has 146 valence electrons. The third-order valence-corrected chi connectivity index (χ3v) is 5.07. The van der Waals surface area contributed by atoms with Crippen LogP contribution in [0.2, 0.25) is 0 Å². The Morgan fingerprint density at radius 2 is 1.57 bits per heavy atom. The van der Waals surface area contributed by atoms with Crippen LogP contribution in [0.15, 0.2) is 60.3 Å². The van der Waals surface area contributed by atoms with E-state index in [0.29, 0.717) is 17.2 Å². The van der Waals surface area contributed by atoms with Gasteiger partial charge in [-0.2, -0.15) is 0 Å². The Bertz CT molecular complexity index is 833. The molecular weight excluding hydrogens is 348 g/mol. The molecule has 1 saturated heterocycles. The summed E-state index contributed by atoms with van der Waals surface area (Å²) in [7, 11) is 0. The van der Waals surface area contributed by atoms with Gasteiger partial charge in [0.25, 0.3) is 11.8 Å². The fourth-order valence-corrected chi connectivity index (χ4v) is 3.35. The SMILES string of the molecule is CC(C)c1ccc(/C=C(\NC(=O)c2ccccc2)C(=O)N2CCCCC2)cc1. The third kappa shape index (κ3) is 5.10. The Morgan fingerprint density at radius 3 is 2.18 bits per heavy atom. The molecule has 4 nitrogen and oxygen atoms in total. The zero-order chi connectivity index (χ0) is 19.9. The lowest BCUT2D eigenvalue weighted by atomic mass is 10.0. The second-order valence-electron chi connectivity index (χ2n) is 7.55. The highest BCUT2D eigenvalue weighted by molar-refractivity contribution is 6.05. The first kappa shape index (κ1) is 19.9. The van der Waals surface area contributed by atoms with Crippen LogP contribution in [0.25, 0.3) is 6.08 Å². The van der Waals surface area contributed by atoms with Crippen molar-refractivity contribution in [3.05, 3.63) is 77.0 Å². The van der Waals surface area contributed by atoms with Gasteiger partial charge in [-0.1, -0.05) is 56.3 Å². The topological polar surface area (TPSA) is 49.4 Å². The fourth-order valence-electron chi connectivity index (χ4n) is 3.35. The van der Waals surface area contributed by atoms with Gasteiger partial charge in [-0.3, -0.25) is 9.59 Å². The highest BCUT2D eigenvalue weighted by Crippen LogP contribution is 2.18. The van der Waals surface area contributed by atoms with Crippen molar-refractivity contribution in [2.24, 2.45) is 0 Å². The molecule has 0 saturated carbocycles.